The van der Waals surface area contributed by atoms with Gasteiger partial charge in [-0.25, -0.2) is 0 Å². The van der Waals surface area contributed by atoms with Crippen molar-refractivity contribution in [3.63, 3.8) is 0 Å². The molecule has 3 aliphatic rings. The van der Waals surface area contributed by atoms with E-state index in [2.05, 4.69) is 33.4 Å². The molecule has 11 heteroatoms. The van der Waals surface area contributed by atoms with Crippen LogP contribution in [0, 0.1) is 11.3 Å². The van der Waals surface area contributed by atoms with Crippen molar-refractivity contribution in [2.75, 3.05) is 26.2 Å². The van der Waals surface area contributed by atoms with Crippen LogP contribution in [0.1, 0.15) is 85.3 Å². The van der Waals surface area contributed by atoms with Gasteiger partial charge < -0.3 is 34.6 Å². The van der Waals surface area contributed by atoms with Crippen LogP contribution in [0.2, 0.25) is 10.0 Å². The standard InChI is InChI=1S/C43H48Cl2N4O5/c44-36-21-30(26-48-37-9-1-2-10-38(37)51)41(53-27-29-20-28(23-46)24-47-25-29)22-42(36)54-39-13-12-33-32(6-3-7-34(33)39)35-8-4-11-40(43(35)45)52-19-5-16-49-17-14-31(50)15-18-49/h3-4,6-8,11,20-22,24-25,31,37-39,48,50-51H,1-2,5,9-10,12-19,26-27H2/t37-,38+,39+/m1/s1. The Morgan fingerprint density at radius 3 is 2.54 bits per heavy atom. The molecule has 4 aromatic rings. The Kier molecular flexibility index (Phi) is 12.9. The maximum Gasteiger partial charge on any atom is 0.142 e. The average Bonchev–Trinajstić information content (AvgIpc) is 3.60. The van der Waals surface area contributed by atoms with Crippen LogP contribution >= 0.6 is 23.2 Å². The summed E-state index contributed by atoms with van der Waals surface area (Å²) in [7, 11) is 0. The third-order valence-electron chi connectivity index (χ3n) is 10.9. The largest absolute Gasteiger partial charge is 0.492 e. The van der Waals surface area contributed by atoms with Crippen LogP contribution < -0.4 is 19.5 Å². The van der Waals surface area contributed by atoms with Gasteiger partial charge >= 0.3 is 0 Å². The Morgan fingerprint density at radius 1 is 0.889 bits per heavy atom. The number of hydrogen-bond donors (Lipinski definition) is 3. The predicted octanol–water partition coefficient (Wildman–Crippen LogP) is 8.19. The molecule has 9 nitrogen and oxygen atoms in total. The topological polar surface area (TPSA) is 120 Å². The maximum absolute atomic E-state index is 10.6. The highest BCUT2D eigenvalue weighted by atomic mass is 35.5. The van der Waals surface area contributed by atoms with Gasteiger partial charge in [0.05, 0.1) is 34.4 Å². The summed E-state index contributed by atoms with van der Waals surface area (Å²) in [6.45, 7) is 4.04. The van der Waals surface area contributed by atoms with E-state index in [-0.39, 0.29) is 31.0 Å². The molecule has 2 aliphatic carbocycles. The molecule has 3 atom stereocenters. The van der Waals surface area contributed by atoms with Gasteiger partial charge in [-0.2, -0.15) is 5.26 Å². The molecule has 7 rings (SSSR count). The lowest BCUT2D eigenvalue weighted by atomic mass is 9.92. The summed E-state index contributed by atoms with van der Waals surface area (Å²) in [4.78, 5) is 6.56. The van der Waals surface area contributed by atoms with Gasteiger partial charge in [-0.15, -0.1) is 0 Å². The summed E-state index contributed by atoms with van der Waals surface area (Å²) < 4.78 is 19.2. The molecule has 284 valence electrons. The molecular formula is C43H48Cl2N4O5. The number of nitrogens with one attached hydrogen (secondary N) is 1. The first-order valence-electron chi connectivity index (χ1n) is 19.2. The molecule has 2 fully saturated rings. The first-order valence-corrected chi connectivity index (χ1v) is 19.9. The van der Waals surface area contributed by atoms with Gasteiger partial charge in [-0.05, 0) is 79.8 Å². The number of fused-ring (bicyclic) bond motifs is 1. The highest BCUT2D eigenvalue weighted by Gasteiger charge is 2.29. The van der Waals surface area contributed by atoms with Gasteiger partial charge in [-0.1, -0.05) is 66.4 Å². The first kappa shape index (κ1) is 38.4. The normalized spacial score (nSPS) is 20.3. The zero-order valence-electron chi connectivity index (χ0n) is 30.5. The Morgan fingerprint density at radius 2 is 1.70 bits per heavy atom. The summed E-state index contributed by atoms with van der Waals surface area (Å²) in [5.74, 6) is 1.81. The highest BCUT2D eigenvalue weighted by Crippen LogP contribution is 2.45. The van der Waals surface area contributed by atoms with Gasteiger partial charge in [0.25, 0.3) is 0 Å². The Labute approximate surface area is 327 Å². The summed E-state index contributed by atoms with van der Waals surface area (Å²) in [6.07, 6.45) is 10.4. The van der Waals surface area contributed by atoms with Gasteiger partial charge in [0, 0.05) is 67.4 Å². The molecule has 1 saturated heterocycles. The summed E-state index contributed by atoms with van der Waals surface area (Å²) in [5, 5.41) is 34.3. The fourth-order valence-corrected chi connectivity index (χ4v) is 8.42. The van der Waals surface area contributed by atoms with E-state index in [1.54, 1.807) is 12.3 Å². The van der Waals surface area contributed by atoms with Gasteiger partial charge in [0.15, 0.2) is 0 Å². The van der Waals surface area contributed by atoms with E-state index in [0.29, 0.717) is 46.0 Å². The van der Waals surface area contributed by atoms with E-state index < -0.39 is 0 Å². The van der Waals surface area contributed by atoms with Crippen molar-refractivity contribution in [2.24, 2.45) is 0 Å². The number of aliphatic hydroxyl groups excluding tert-OH is 2. The van der Waals surface area contributed by atoms with E-state index >= 15 is 0 Å². The zero-order chi connectivity index (χ0) is 37.4. The fraction of sp³-hybridized carbons (Fsp3) is 0.442. The molecule has 1 aliphatic heterocycles. The van der Waals surface area contributed by atoms with E-state index in [0.717, 1.165) is 105 Å². The zero-order valence-corrected chi connectivity index (χ0v) is 32.0. The van der Waals surface area contributed by atoms with Crippen LogP contribution in [0.3, 0.4) is 0 Å². The summed E-state index contributed by atoms with van der Waals surface area (Å²) in [5.41, 5.74) is 6.38. The number of nitrogens with zero attached hydrogens (tertiary/aromatic N) is 3. The lowest BCUT2D eigenvalue weighted by Gasteiger charge is -2.29. The molecule has 1 aromatic heterocycles. The Balaban J connectivity index is 1.07. The summed E-state index contributed by atoms with van der Waals surface area (Å²) >= 11 is 14.0. The van der Waals surface area contributed by atoms with Crippen molar-refractivity contribution >= 4 is 23.2 Å². The molecule has 0 spiro atoms. The molecule has 0 bridgehead atoms. The number of aromatic nitrogens is 1. The Bertz CT molecular complexity index is 1950. The van der Waals surface area contributed by atoms with Gasteiger partial charge in [0.1, 0.15) is 36.0 Å². The molecule has 3 N–H and O–H groups in total. The minimum absolute atomic E-state index is 0.00351. The molecule has 3 aromatic carbocycles. The van der Waals surface area contributed by atoms with E-state index in [9.17, 15) is 15.5 Å². The molecule has 54 heavy (non-hydrogen) atoms. The number of nitriles is 1. The number of ether oxygens (including phenoxy) is 3. The van der Waals surface area contributed by atoms with Crippen molar-refractivity contribution in [1.29, 1.82) is 5.26 Å². The van der Waals surface area contributed by atoms with Crippen LogP contribution in [0.4, 0.5) is 0 Å². The quantitative estimate of drug-likeness (QED) is 0.109. The predicted molar refractivity (Wildman–Crippen MR) is 210 cm³/mol. The molecule has 1 saturated carbocycles. The SMILES string of the molecule is N#Cc1cncc(COc2cc(O[C@H]3CCc4c(-c5cccc(OCCCN6CCC(O)CC6)c5Cl)cccc43)c(Cl)cc2CN[C@@H]2CCCC[C@@H]2O)c1. The van der Waals surface area contributed by atoms with Gasteiger partial charge in [-0.3, -0.25) is 4.98 Å². The third-order valence-corrected chi connectivity index (χ3v) is 11.6. The maximum atomic E-state index is 10.6. The number of likely N-dealkylation sites (tertiary alicyclic amines) is 1. The van der Waals surface area contributed by atoms with Crippen molar-refractivity contribution < 1.29 is 24.4 Å². The monoisotopic (exact) mass is 770 g/mol. The first-order chi connectivity index (χ1) is 26.4. The second-order valence-electron chi connectivity index (χ2n) is 14.6. The van der Waals surface area contributed by atoms with Gasteiger partial charge in [0.2, 0.25) is 0 Å². The number of hydrogen-bond acceptors (Lipinski definition) is 9. The third kappa shape index (κ3) is 9.31. The number of pyridine rings is 1. The van der Waals surface area contributed by atoms with Crippen LogP contribution in [-0.2, 0) is 19.6 Å². The number of rotatable bonds is 14. The summed E-state index contributed by atoms with van der Waals surface area (Å²) in [6, 6.07) is 19.9. The Hall–Kier alpha value is -3.88. The lowest BCUT2D eigenvalue weighted by molar-refractivity contribution is 0.0800. The van der Waals surface area contributed by atoms with Crippen LogP contribution in [0.25, 0.3) is 11.1 Å². The number of halogens is 2. The number of benzene rings is 3. The lowest BCUT2D eigenvalue weighted by Crippen LogP contribution is -2.41. The number of aliphatic hydroxyl groups is 2. The van der Waals surface area contributed by atoms with E-state index in [1.165, 1.54) is 11.8 Å². The fourth-order valence-electron chi connectivity index (χ4n) is 7.91. The van der Waals surface area contributed by atoms with Crippen LogP contribution in [0.5, 0.6) is 17.2 Å². The number of piperidine rings is 1. The second kappa shape index (κ2) is 18.2. The minimum Gasteiger partial charge on any atom is -0.492 e. The van der Waals surface area contributed by atoms with Crippen LogP contribution in [-0.4, -0.2) is 64.6 Å². The molecule has 0 amide bonds. The minimum atomic E-state index is -0.384. The molecule has 2 heterocycles. The molecule has 0 unspecified atom stereocenters. The highest BCUT2D eigenvalue weighted by molar-refractivity contribution is 6.35. The average molecular weight is 772 g/mol. The van der Waals surface area contributed by atoms with Crippen molar-refractivity contribution in [2.45, 2.75) is 95.3 Å². The van der Waals surface area contributed by atoms with Crippen molar-refractivity contribution in [3.05, 3.63) is 105 Å². The van der Waals surface area contributed by atoms with Crippen LogP contribution in [0.15, 0.2) is 67.0 Å². The van der Waals surface area contributed by atoms with Crippen molar-refractivity contribution in [1.82, 2.24) is 15.2 Å². The van der Waals surface area contributed by atoms with E-state index in [4.69, 9.17) is 37.4 Å². The van der Waals surface area contributed by atoms with E-state index in [1.807, 2.05) is 36.4 Å². The van der Waals surface area contributed by atoms with Crippen molar-refractivity contribution in [3.8, 4) is 34.4 Å². The smallest absolute Gasteiger partial charge is 0.142 e. The molecule has 0 radical (unpaired) electrons. The molecular weight excluding hydrogens is 723 g/mol. The second-order valence-corrected chi connectivity index (χ2v) is 15.4.